The zero-order chi connectivity index (χ0) is 8.27. The fourth-order valence-corrected chi connectivity index (χ4v) is 1.67. The van der Waals surface area contributed by atoms with Gasteiger partial charge in [0.15, 0.2) is 0 Å². The monoisotopic (exact) mass is 158 g/mol. The second kappa shape index (κ2) is 4.07. The van der Waals surface area contributed by atoms with Crippen LogP contribution in [0, 0.1) is 5.92 Å². The summed E-state index contributed by atoms with van der Waals surface area (Å²) in [5, 5.41) is 0. The van der Waals surface area contributed by atoms with Crippen LogP contribution in [0.4, 0.5) is 0 Å². The highest BCUT2D eigenvalue weighted by Gasteiger charge is 2.38. The summed E-state index contributed by atoms with van der Waals surface area (Å²) in [5.41, 5.74) is 0. The summed E-state index contributed by atoms with van der Waals surface area (Å²) in [5.74, 6) is 0.623. The van der Waals surface area contributed by atoms with E-state index in [2.05, 4.69) is 6.92 Å². The lowest BCUT2D eigenvalue weighted by Gasteiger charge is -2.08. The van der Waals surface area contributed by atoms with Gasteiger partial charge in [0.25, 0.3) is 0 Å². The van der Waals surface area contributed by atoms with Gasteiger partial charge in [-0.1, -0.05) is 20.8 Å². The summed E-state index contributed by atoms with van der Waals surface area (Å²) in [6, 6.07) is 0. The van der Waals surface area contributed by atoms with Gasteiger partial charge in [0.1, 0.15) is 0 Å². The first kappa shape index (κ1) is 9.01. The Balaban J connectivity index is 0.000000281. The molecule has 2 fully saturated rings. The molecule has 0 bridgehead atoms. The molecule has 0 amide bonds. The highest BCUT2D eigenvalue weighted by Crippen LogP contribution is 2.29. The van der Waals surface area contributed by atoms with Gasteiger partial charge in [-0.05, 0) is 6.42 Å². The number of ether oxygens (including phenoxy) is 2. The van der Waals surface area contributed by atoms with Gasteiger partial charge < -0.3 is 9.47 Å². The van der Waals surface area contributed by atoms with Crippen molar-refractivity contribution in [2.75, 3.05) is 13.2 Å². The summed E-state index contributed by atoms with van der Waals surface area (Å²) in [6.45, 7) is 7.99. The van der Waals surface area contributed by atoms with Crippen LogP contribution in [0.3, 0.4) is 0 Å². The highest BCUT2D eigenvalue weighted by molar-refractivity contribution is 4.86. The average Bonchev–Trinajstić information content (AvgIpc) is 2.60. The van der Waals surface area contributed by atoms with Crippen LogP contribution in [0.5, 0.6) is 0 Å². The SMILES string of the molecule is CC.CC1CO[C@@H]2CCO[C@H]12. The molecule has 3 atom stereocenters. The normalized spacial score (nSPS) is 41.2. The minimum absolute atomic E-state index is 0.421. The summed E-state index contributed by atoms with van der Waals surface area (Å²) in [4.78, 5) is 0. The van der Waals surface area contributed by atoms with Crippen molar-refractivity contribution in [3.05, 3.63) is 0 Å². The Kier molecular flexibility index (Phi) is 3.34. The largest absolute Gasteiger partial charge is 0.375 e. The third kappa shape index (κ3) is 1.74. The molecule has 1 unspecified atom stereocenters. The minimum atomic E-state index is 0.421. The molecule has 2 rings (SSSR count). The zero-order valence-electron chi connectivity index (χ0n) is 7.67. The van der Waals surface area contributed by atoms with Crippen molar-refractivity contribution in [3.8, 4) is 0 Å². The Morgan fingerprint density at radius 3 is 2.55 bits per heavy atom. The number of rotatable bonds is 0. The first-order valence-corrected chi connectivity index (χ1v) is 4.61. The molecule has 0 N–H and O–H groups in total. The summed E-state index contributed by atoms with van der Waals surface area (Å²) in [7, 11) is 0. The van der Waals surface area contributed by atoms with E-state index in [1.54, 1.807) is 0 Å². The lowest BCUT2D eigenvalue weighted by molar-refractivity contribution is 0.0658. The molecule has 0 aromatic heterocycles. The molecule has 0 spiro atoms. The average molecular weight is 158 g/mol. The molecule has 2 nitrogen and oxygen atoms in total. The molecule has 2 heteroatoms. The molecule has 11 heavy (non-hydrogen) atoms. The van der Waals surface area contributed by atoms with E-state index in [0.29, 0.717) is 18.1 Å². The molecule has 66 valence electrons. The third-order valence-electron chi connectivity index (χ3n) is 2.21. The predicted octanol–water partition coefficient (Wildman–Crippen LogP) is 1.84. The fraction of sp³-hybridized carbons (Fsp3) is 1.00. The van der Waals surface area contributed by atoms with Crippen LogP contribution < -0.4 is 0 Å². The highest BCUT2D eigenvalue weighted by atomic mass is 16.6. The maximum Gasteiger partial charge on any atom is 0.0884 e. The summed E-state index contributed by atoms with van der Waals surface area (Å²) in [6.07, 6.45) is 1.96. The molecule has 2 heterocycles. The molecule has 0 aliphatic carbocycles. The number of fused-ring (bicyclic) bond motifs is 1. The van der Waals surface area contributed by atoms with Gasteiger partial charge in [0.05, 0.1) is 18.8 Å². The van der Waals surface area contributed by atoms with Crippen molar-refractivity contribution < 1.29 is 9.47 Å². The van der Waals surface area contributed by atoms with Gasteiger partial charge in [-0.25, -0.2) is 0 Å². The van der Waals surface area contributed by atoms with Crippen molar-refractivity contribution in [1.29, 1.82) is 0 Å². The van der Waals surface area contributed by atoms with E-state index in [1.165, 1.54) is 0 Å². The van der Waals surface area contributed by atoms with Crippen LogP contribution in [-0.4, -0.2) is 25.4 Å². The minimum Gasteiger partial charge on any atom is -0.375 e. The van der Waals surface area contributed by atoms with Crippen LogP contribution in [-0.2, 0) is 9.47 Å². The molecular formula is C9H18O2. The second-order valence-corrected chi connectivity index (χ2v) is 2.97. The topological polar surface area (TPSA) is 18.5 Å². The van der Waals surface area contributed by atoms with Gasteiger partial charge >= 0.3 is 0 Å². The van der Waals surface area contributed by atoms with Crippen molar-refractivity contribution in [3.63, 3.8) is 0 Å². The molecule has 0 aromatic rings. The summed E-state index contributed by atoms with van der Waals surface area (Å²) < 4.78 is 10.9. The van der Waals surface area contributed by atoms with Crippen molar-refractivity contribution in [1.82, 2.24) is 0 Å². The Labute approximate surface area is 68.9 Å². The maximum absolute atomic E-state index is 5.46. The molecule has 2 aliphatic heterocycles. The molecular weight excluding hydrogens is 140 g/mol. The smallest absolute Gasteiger partial charge is 0.0884 e. The second-order valence-electron chi connectivity index (χ2n) is 2.97. The van der Waals surface area contributed by atoms with Crippen molar-refractivity contribution in [2.24, 2.45) is 5.92 Å². The van der Waals surface area contributed by atoms with E-state index < -0.39 is 0 Å². The quantitative estimate of drug-likeness (QED) is 0.535. The van der Waals surface area contributed by atoms with Gasteiger partial charge in [-0.15, -0.1) is 0 Å². The molecule has 0 radical (unpaired) electrons. The van der Waals surface area contributed by atoms with E-state index in [4.69, 9.17) is 9.47 Å². The first-order valence-electron chi connectivity index (χ1n) is 4.61. The van der Waals surface area contributed by atoms with E-state index in [0.717, 1.165) is 19.6 Å². The van der Waals surface area contributed by atoms with Crippen LogP contribution >= 0.6 is 0 Å². The Morgan fingerprint density at radius 1 is 1.18 bits per heavy atom. The van der Waals surface area contributed by atoms with Gasteiger partial charge in [0.2, 0.25) is 0 Å². The number of hydrogen-bond acceptors (Lipinski definition) is 2. The van der Waals surface area contributed by atoms with E-state index in [-0.39, 0.29) is 0 Å². The molecule has 0 saturated carbocycles. The molecule has 0 aromatic carbocycles. The maximum atomic E-state index is 5.46. The van der Waals surface area contributed by atoms with Crippen molar-refractivity contribution in [2.45, 2.75) is 39.4 Å². The van der Waals surface area contributed by atoms with E-state index in [9.17, 15) is 0 Å². The van der Waals surface area contributed by atoms with Gasteiger partial charge in [-0.2, -0.15) is 0 Å². The molecule has 2 aliphatic rings. The Hall–Kier alpha value is -0.0800. The first-order chi connectivity index (χ1) is 5.38. The van der Waals surface area contributed by atoms with Gasteiger partial charge in [-0.3, -0.25) is 0 Å². The Morgan fingerprint density at radius 2 is 1.91 bits per heavy atom. The van der Waals surface area contributed by atoms with Crippen LogP contribution in [0.1, 0.15) is 27.2 Å². The zero-order valence-corrected chi connectivity index (χ0v) is 7.67. The lowest BCUT2D eigenvalue weighted by atomic mass is 10.1. The Bertz CT molecular complexity index is 114. The van der Waals surface area contributed by atoms with Crippen LogP contribution in [0.15, 0.2) is 0 Å². The fourth-order valence-electron chi connectivity index (χ4n) is 1.67. The van der Waals surface area contributed by atoms with E-state index in [1.807, 2.05) is 13.8 Å². The lowest BCUT2D eigenvalue weighted by Crippen LogP contribution is -2.19. The predicted molar refractivity (Wildman–Crippen MR) is 44.6 cm³/mol. The van der Waals surface area contributed by atoms with Crippen LogP contribution in [0.2, 0.25) is 0 Å². The van der Waals surface area contributed by atoms with E-state index >= 15 is 0 Å². The van der Waals surface area contributed by atoms with Gasteiger partial charge in [0, 0.05) is 12.5 Å². The van der Waals surface area contributed by atoms with Crippen molar-refractivity contribution >= 4 is 0 Å². The standard InChI is InChI=1S/C7H12O2.C2H6/c1-5-4-9-6-2-3-8-7(5)6;1-2/h5-7H,2-4H2,1H3;1-2H3/t5?,6-,7-;/m1./s1. The molecule has 2 saturated heterocycles. The number of hydrogen-bond donors (Lipinski definition) is 0. The summed E-state index contributed by atoms with van der Waals surface area (Å²) >= 11 is 0. The van der Waals surface area contributed by atoms with Crippen LogP contribution in [0.25, 0.3) is 0 Å². The third-order valence-corrected chi connectivity index (χ3v) is 2.21.